The van der Waals surface area contributed by atoms with Crippen molar-refractivity contribution in [3.8, 4) is 11.3 Å². The fourth-order valence-electron chi connectivity index (χ4n) is 1.62. The predicted octanol–water partition coefficient (Wildman–Crippen LogP) is 1.87. The van der Waals surface area contributed by atoms with Crippen molar-refractivity contribution in [1.82, 2.24) is 10.2 Å². The lowest BCUT2D eigenvalue weighted by Crippen LogP contribution is -2.32. The Balaban J connectivity index is 0.00000162. The van der Waals surface area contributed by atoms with E-state index in [0.29, 0.717) is 6.42 Å². The van der Waals surface area contributed by atoms with Gasteiger partial charge in [-0.25, -0.2) is 0 Å². The van der Waals surface area contributed by atoms with Crippen LogP contribution in [0.1, 0.15) is 5.56 Å². The first kappa shape index (κ1) is 17.4. The maximum absolute atomic E-state index is 10.7. The average molecular weight is 304 g/mol. The van der Waals surface area contributed by atoms with E-state index in [1.807, 2.05) is 30.3 Å². The van der Waals surface area contributed by atoms with Crippen molar-refractivity contribution in [2.24, 2.45) is 5.73 Å². The van der Waals surface area contributed by atoms with Gasteiger partial charge in [0.2, 0.25) is 0 Å². The van der Waals surface area contributed by atoms with Gasteiger partial charge in [0, 0.05) is 11.8 Å². The molecule has 0 bridgehead atoms. The molecule has 0 saturated carbocycles. The number of aliphatic carboxylic acids is 1. The van der Waals surface area contributed by atoms with Crippen LogP contribution in [0, 0.1) is 0 Å². The topological polar surface area (TPSA) is 92.0 Å². The van der Waals surface area contributed by atoms with Gasteiger partial charge in [0.1, 0.15) is 6.04 Å². The third-order valence-corrected chi connectivity index (χ3v) is 2.50. The molecule has 1 aromatic carbocycles. The molecule has 2 aromatic rings. The first-order valence-corrected chi connectivity index (χ1v) is 5.24. The summed E-state index contributed by atoms with van der Waals surface area (Å²) in [6.07, 6.45) is 2.05. The van der Waals surface area contributed by atoms with E-state index in [4.69, 9.17) is 10.8 Å². The maximum atomic E-state index is 10.7. The third kappa shape index (κ3) is 4.55. The molecule has 0 saturated heterocycles. The summed E-state index contributed by atoms with van der Waals surface area (Å²) < 4.78 is 0. The zero-order valence-corrected chi connectivity index (χ0v) is 11.6. The zero-order valence-electron chi connectivity index (χ0n) is 9.95. The van der Waals surface area contributed by atoms with Gasteiger partial charge in [0.25, 0.3) is 0 Å². The van der Waals surface area contributed by atoms with E-state index >= 15 is 0 Å². The Morgan fingerprint density at radius 1 is 1.37 bits per heavy atom. The first-order valence-electron chi connectivity index (χ1n) is 5.24. The fraction of sp³-hybridized carbons (Fsp3) is 0.167. The number of hydrogen-bond donors (Lipinski definition) is 3. The molecule has 0 fully saturated rings. The Kier molecular flexibility index (Phi) is 7.14. The van der Waals surface area contributed by atoms with Crippen LogP contribution in [0.2, 0.25) is 0 Å². The second-order valence-electron chi connectivity index (χ2n) is 3.81. The van der Waals surface area contributed by atoms with Gasteiger partial charge in [-0.05, 0) is 24.1 Å². The minimum atomic E-state index is -0.991. The molecule has 0 aliphatic heterocycles. The summed E-state index contributed by atoms with van der Waals surface area (Å²) in [5, 5.41) is 15.6. The van der Waals surface area contributed by atoms with Gasteiger partial charge >= 0.3 is 5.97 Å². The van der Waals surface area contributed by atoms with Crippen LogP contribution >= 0.6 is 24.8 Å². The van der Waals surface area contributed by atoms with Crippen molar-refractivity contribution < 1.29 is 9.90 Å². The Hall–Kier alpha value is -1.56. The number of benzene rings is 1. The van der Waals surface area contributed by atoms with Gasteiger partial charge in [0.15, 0.2) is 0 Å². The van der Waals surface area contributed by atoms with Crippen LogP contribution in [0.5, 0.6) is 0 Å². The molecular formula is C12H15Cl2N3O2. The molecule has 4 N–H and O–H groups in total. The molecule has 0 aliphatic carbocycles. The molecule has 2 rings (SSSR count). The number of aromatic nitrogens is 2. The fourth-order valence-corrected chi connectivity index (χ4v) is 1.62. The Morgan fingerprint density at radius 2 is 2.11 bits per heavy atom. The molecule has 1 atom stereocenters. The number of carbonyl (C=O) groups is 1. The second kappa shape index (κ2) is 7.78. The Labute approximate surface area is 123 Å². The highest BCUT2D eigenvalue weighted by molar-refractivity contribution is 5.85. The summed E-state index contributed by atoms with van der Waals surface area (Å²) in [6.45, 7) is 0. The average Bonchev–Trinajstić information content (AvgIpc) is 2.82. The van der Waals surface area contributed by atoms with Gasteiger partial charge in [0.05, 0.1) is 5.69 Å². The largest absolute Gasteiger partial charge is 0.480 e. The molecule has 0 aliphatic rings. The van der Waals surface area contributed by atoms with Crippen LogP contribution in [-0.4, -0.2) is 27.3 Å². The molecule has 0 radical (unpaired) electrons. The van der Waals surface area contributed by atoms with Crippen LogP contribution in [-0.2, 0) is 11.2 Å². The lowest BCUT2D eigenvalue weighted by atomic mass is 10.0. The molecule has 1 aromatic heterocycles. The maximum Gasteiger partial charge on any atom is 0.320 e. The van der Waals surface area contributed by atoms with E-state index in [-0.39, 0.29) is 24.8 Å². The highest BCUT2D eigenvalue weighted by Crippen LogP contribution is 2.18. The molecule has 1 heterocycles. The number of carboxylic acid groups (broad SMARTS) is 1. The van der Waals surface area contributed by atoms with Crippen molar-refractivity contribution in [2.45, 2.75) is 12.5 Å². The number of rotatable bonds is 4. The molecule has 5 nitrogen and oxygen atoms in total. The number of aromatic amines is 1. The highest BCUT2D eigenvalue weighted by atomic mass is 35.5. The van der Waals surface area contributed by atoms with Gasteiger partial charge in [-0.15, -0.1) is 24.8 Å². The van der Waals surface area contributed by atoms with Crippen LogP contribution in [0.15, 0.2) is 36.5 Å². The lowest BCUT2D eigenvalue weighted by molar-refractivity contribution is -0.138. The van der Waals surface area contributed by atoms with Gasteiger partial charge < -0.3 is 10.8 Å². The van der Waals surface area contributed by atoms with Crippen molar-refractivity contribution in [3.05, 3.63) is 42.1 Å². The number of nitrogens with one attached hydrogen (secondary N) is 1. The monoisotopic (exact) mass is 303 g/mol. The minimum Gasteiger partial charge on any atom is -0.480 e. The zero-order chi connectivity index (χ0) is 12.3. The third-order valence-electron chi connectivity index (χ3n) is 2.50. The number of carboxylic acids is 1. The van der Waals surface area contributed by atoms with E-state index in [1.54, 1.807) is 6.20 Å². The summed E-state index contributed by atoms with van der Waals surface area (Å²) in [5.41, 5.74) is 8.16. The molecule has 0 spiro atoms. The number of nitrogens with zero attached hydrogens (tertiary/aromatic N) is 1. The summed E-state index contributed by atoms with van der Waals surface area (Å²) in [6, 6.07) is 8.54. The van der Waals surface area contributed by atoms with E-state index in [0.717, 1.165) is 16.8 Å². The Morgan fingerprint density at radius 3 is 2.68 bits per heavy atom. The van der Waals surface area contributed by atoms with Crippen LogP contribution in [0.25, 0.3) is 11.3 Å². The van der Waals surface area contributed by atoms with Crippen molar-refractivity contribution in [2.75, 3.05) is 0 Å². The smallest absolute Gasteiger partial charge is 0.320 e. The van der Waals surface area contributed by atoms with E-state index in [1.165, 1.54) is 0 Å². The lowest BCUT2D eigenvalue weighted by Gasteiger charge is -2.07. The number of halogens is 2. The summed E-state index contributed by atoms with van der Waals surface area (Å²) in [5.74, 6) is -0.991. The normalized spacial score (nSPS) is 11.0. The van der Waals surface area contributed by atoms with Crippen molar-refractivity contribution in [3.63, 3.8) is 0 Å². The summed E-state index contributed by atoms with van der Waals surface area (Å²) in [7, 11) is 0. The molecule has 0 amide bonds. The van der Waals surface area contributed by atoms with Gasteiger partial charge in [-0.3, -0.25) is 9.89 Å². The number of H-pyrrole nitrogens is 1. The van der Waals surface area contributed by atoms with E-state index < -0.39 is 12.0 Å². The quantitative estimate of drug-likeness (QED) is 0.804. The Bertz CT molecular complexity index is 517. The second-order valence-corrected chi connectivity index (χ2v) is 3.81. The number of nitrogens with two attached hydrogens (primary N) is 1. The van der Waals surface area contributed by atoms with Crippen molar-refractivity contribution in [1.29, 1.82) is 0 Å². The van der Waals surface area contributed by atoms with Crippen LogP contribution in [0.3, 0.4) is 0 Å². The molecule has 19 heavy (non-hydrogen) atoms. The van der Waals surface area contributed by atoms with Gasteiger partial charge in [-0.2, -0.15) is 5.10 Å². The molecule has 104 valence electrons. The molecular weight excluding hydrogens is 289 g/mol. The minimum absolute atomic E-state index is 0. The summed E-state index contributed by atoms with van der Waals surface area (Å²) >= 11 is 0. The van der Waals surface area contributed by atoms with Gasteiger partial charge in [-0.1, -0.05) is 18.2 Å². The predicted molar refractivity (Wildman–Crippen MR) is 77.8 cm³/mol. The summed E-state index contributed by atoms with van der Waals surface area (Å²) in [4.78, 5) is 10.7. The van der Waals surface area contributed by atoms with Crippen LogP contribution < -0.4 is 5.73 Å². The highest BCUT2D eigenvalue weighted by Gasteiger charge is 2.12. The molecule has 7 heteroatoms. The molecule has 1 unspecified atom stereocenters. The van der Waals surface area contributed by atoms with E-state index in [2.05, 4.69) is 10.2 Å². The standard InChI is InChI=1S/C12H13N3O2.2ClH/c13-10(12(16)17)7-8-2-1-3-9(6-8)11-4-5-14-15-11;;/h1-6,10H,7,13H2,(H,14,15)(H,16,17);2*1H. The van der Waals surface area contributed by atoms with E-state index in [9.17, 15) is 4.79 Å². The SMILES string of the molecule is Cl.Cl.NC(Cc1cccc(-c2cc[nH]n2)c1)C(=O)O. The first-order chi connectivity index (χ1) is 8.16. The van der Waals surface area contributed by atoms with Crippen molar-refractivity contribution >= 4 is 30.8 Å². The number of hydrogen-bond acceptors (Lipinski definition) is 3. The van der Waals surface area contributed by atoms with Crippen LogP contribution in [0.4, 0.5) is 0 Å².